The number of aliphatic imine (C=N–C) groups is 1. The van der Waals surface area contributed by atoms with Gasteiger partial charge in [0.1, 0.15) is 5.69 Å². The van der Waals surface area contributed by atoms with Gasteiger partial charge >= 0.3 is 0 Å². The minimum Gasteiger partial charge on any atom is -0.369 e. The highest BCUT2D eigenvalue weighted by Gasteiger charge is 2.04. The van der Waals surface area contributed by atoms with E-state index in [-0.39, 0.29) is 11.4 Å². The second-order valence-electron chi connectivity index (χ2n) is 2.26. The molecule has 1 rings (SSSR count). The average molecular weight is 178 g/mol. The summed E-state index contributed by atoms with van der Waals surface area (Å²) in [7, 11) is 1.62. The lowest BCUT2D eigenvalue weighted by atomic mass is 10.4. The molecular weight excluding hydrogens is 168 g/mol. The summed E-state index contributed by atoms with van der Waals surface area (Å²) in [5.41, 5.74) is 0.175. The Kier molecular flexibility index (Phi) is 2.59. The van der Waals surface area contributed by atoms with Crippen LogP contribution in [0.4, 0.5) is 11.6 Å². The average Bonchev–Trinajstić information content (AvgIpc) is 2.17. The molecule has 5 nitrogen and oxygen atoms in total. The SMILES string of the molecule is C=Cc1nc(NC)c(=O)[nH]c1N=C. The number of hydrogen-bond acceptors (Lipinski definition) is 4. The van der Waals surface area contributed by atoms with Crippen molar-refractivity contribution in [2.24, 2.45) is 4.99 Å². The summed E-state index contributed by atoms with van der Waals surface area (Å²) in [6.45, 7) is 6.85. The zero-order valence-corrected chi connectivity index (χ0v) is 7.29. The standard InChI is InChI=1S/C8H10N4O/c1-4-5-6(9-2)12-8(13)7(10-3)11-5/h4H,1-2H2,3H3,(H,10,11)(H,12,13). The fraction of sp³-hybridized carbons (Fsp3) is 0.125. The maximum Gasteiger partial charge on any atom is 0.292 e. The van der Waals surface area contributed by atoms with Gasteiger partial charge in [-0.15, -0.1) is 0 Å². The molecule has 0 amide bonds. The zero-order valence-electron chi connectivity index (χ0n) is 7.29. The summed E-state index contributed by atoms with van der Waals surface area (Å²) in [6, 6.07) is 0. The molecule has 0 aliphatic rings. The van der Waals surface area contributed by atoms with Crippen LogP contribution < -0.4 is 10.9 Å². The molecule has 0 radical (unpaired) electrons. The van der Waals surface area contributed by atoms with Crippen LogP contribution in [0.1, 0.15) is 5.69 Å². The molecule has 5 heteroatoms. The van der Waals surface area contributed by atoms with Gasteiger partial charge in [0.05, 0.1) is 0 Å². The molecule has 0 aromatic carbocycles. The van der Waals surface area contributed by atoms with Gasteiger partial charge in [-0.3, -0.25) is 4.79 Å². The fourth-order valence-electron chi connectivity index (χ4n) is 0.887. The molecule has 0 unspecified atom stereocenters. The van der Waals surface area contributed by atoms with E-state index in [2.05, 4.69) is 33.6 Å². The Balaban J connectivity index is 3.43. The van der Waals surface area contributed by atoms with Crippen LogP contribution in [0.2, 0.25) is 0 Å². The molecule has 0 saturated heterocycles. The lowest BCUT2D eigenvalue weighted by Gasteiger charge is -2.01. The minimum atomic E-state index is -0.324. The predicted octanol–water partition coefficient (Wildman–Crippen LogP) is 0.787. The smallest absolute Gasteiger partial charge is 0.292 e. The fourth-order valence-corrected chi connectivity index (χ4v) is 0.887. The highest BCUT2D eigenvalue weighted by molar-refractivity contribution is 5.59. The first-order valence-electron chi connectivity index (χ1n) is 3.64. The summed E-state index contributed by atoms with van der Waals surface area (Å²) < 4.78 is 0. The van der Waals surface area contributed by atoms with Crippen molar-refractivity contribution in [2.75, 3.05) is 12.4 Å². The Bertz CT molecular complexity index is 394. The first-order valence-corrected chi connectivity index (χ1v) is 3.64. The molecule has 1 aromatic heterocycles. The summed E-state index contributed by atoms with van der Waals surface area (Å²) in [5, 5.41) is 2.66. The number of aromatic amines is 1. The van der Waals surface area contributed by atoms with E-state index >= 15 is 0 Å². The van der Waals surface area contributed by atoms with Crippen molar-refractivity contribution in [1.29, 1.82) is 0 Å². The molecule has 0 fully saturated rings. The number of rotatable bonds is 3. The van der Waals surface area contributed by atoms with Crippen LogP contribution in [0.25, 0.3) is 6.08 Å². The van der Waals surface area contributed by atoms with Crippen molar-refractivity contribution in [2.45, 2.75) is 0 Å². The van der Waals surface area contributed by atoms with E-state index in [1.165, 1.54) is 6.08 Å². The molecule has 0 atom stereocenters. The van der Waals surface area contributed by atoms with E-state index in [1.54, 1.807) is 7.05 Å². The Hall–Kier alpha value is -1.91. The predicted molar refractivity (Wildman–Crippen MR) is 53.7 cm³/mol. The number of H-pyrrole nitrogens is 1. The second-order valence-corrected chi connectivity index (χ2v) is 2.26. The Labute approximate surface area is 75.2 Å². The van der Waals surface area contributed by atoms with Gasteiger partial charge in [-0.2, -0.15) is 0 Å². The first kappa shape index (κ1) is 9.18. The molecule has 13 heavy (non-hydrogen) atoms. The van der Waals surface area contributed by atoms with Crippen LogP contribution in [-0.4, -0.2) is 23.7 Å². The zero-order chi connectivity index (χ0) is 9.84. The monoisotopic (exact) mass is 178 g/mol. The molecule has 68 valence electrons. The van der Waals surface area contributed by atoms with E-state index in [4.69, 9.17) is 0 Å². The van der Waals surface area contributed by atoms with Gasteiger partial charge < -0.3 is 10.3 Å². The van der Waals surface area contributed by atoms with Gasteiger partial charge in [-0.1, -0.05) is 6.58 Å². The molecular formula is C8H10N4O. The topological polar surface area (TPSA) is 70.1 Å². The van der Waals surface area contributed by atoms with Crippen LogP contribution in [0, 0.1) is 0 Å². The van der Waals surface area contributed by atoms with E-state index in [9.17, 15) is 4.79 Å². The van der Waals surface area contributed by atoms with Crippen LogP contribution in [-0.2, 0) is 0 Å². The van der Waals surface area contributed by atoms with E-state index in [0.29, 0.717) is 11.5 Å². The van der Waals surface area contributed by atoms with E-state index < -0.39 is 0 Å². The van der Waals surface area contributed by atoms with Crippen molar-refractivity contribution in [3.8, 4) is 0 Å². The Morgan fingerprint density at radius 1 is 1.69 bits per heavy atom. The summed E-state index contributed by atoms with van der Waals surface area (Å²) in [4.78, 5) is 21.3. The summed E-state index contributed by atoms with van der Waals surface area (Å²) in [6.07, 6.45) is 1.50. The van der Waals surface area contributed by atoms with Gasteiger partial charge in [-0.05, 0) is 12.8 Å². The second kappa shape index (κ2) is 3.66. The minimum absolute atomic E-state index is 0.238. The van der Waals surface area contributed by atoms with Gasteiger partial charge in [-0.25, -0.2) is 9.98 Å². The molecule has 1 heterocycles. The van der Waals surface area contributed by atoms with Crippen molar-refractivity contribution in [1.82, 2.24) is 9.97 Å². The number of anilines is 1. The van der Waals surface area contributed by atoms with Gasteiger partial charge in [0, 0.05) is 7.05 Å². The Morgan fingerprint density at radius 3 is 2.85 bits per heavy atom. The molecule has 0 saturated carbocycles. The third-order valence-electron chi connectivity index (χ3n) is 1.51. The van der Waals surface area contributed by atoms with E-state index in [0.717, 1.165) is 0 Å². The van der Waals surface area contributed by atoms with Crippen LogP contribution >= 0.6 is 0 Å². The summed E-state index contributed by atoms with van der Waals surface area (Å²) >= 11 is 0. The highest BCUT2D eigenvalue weighted by Crippen LogP contribution is 2.12. The lowest BCUT2D eigenvalue weighted by Crippen LogP contribution is -2.14. The first-order chi connectivity index (χ1) is 6.22. The van der Waals surface area contributed by atoms with Crippen molar-refractivity contribution >= 4 is 24.4 Å². The van der Waals surface area contributed by atoms with Crippen LogP contribution in [0.5, 0.6) is 0 Å². The van der Waals surface area contributed by atoms with Crippen LogP contribution in [0.3, 0.4) is 0 Å². The van der Waals surface area contributed by atoms with Crippen molar-refractivity contribution in [3.05, 3.63) is 22.6 Å². The third kappa shape index (κ3) is 1.64. The Morgan fingerprint density at radius 2 is 2.38 bits per heavy atom. The molecule has 0 aliphatic heterocycles. The van der Waals surface area contributed by atoms with Gasteiger partial charge in [0.25, 0.3) is 5.56 Å². The maximum atomic E-state index is 11.2. The number of hydrogen-bond donors (Lipinski definition) is 2. The quantitative estimate of drug-likeness (QED) is 0.672. The number of nitrogens with one attached hydrogen (secondary N) is 2. The normalized spacial score (nSPS) is 9.31. The van der Waals surface area contributed by atoms with Gasteiger partial charge in [0.2, 0.25) is 0 Å². The molecule has 2 N–H and O–H groups in total. The van der Waals surface area contributed by atoms with Crippen molar-refractivity contribution < 1.29 is 0 Å². The third-order valence-corrected chi connectivity index (χ3v) is 1.51. The van der Waals surface area contributed by atoms with E-state index in [1.807, 2.05) is 0 Å². The lowest BCUT2D eigenvalue weighted by molar-refractivity contribution is 1.10. The van der Waals surface area contributed by atoms with Gasteiger partial charge in [0.15, 0.2) is 11.6 Å². The largest absolute Gasteiger partial charge is 0.369 e. The summed E-state index contributed by atoms with van der Waals surface area (Å²) in [5.74, 6) is 0.571. The molecule has 0 bridgehead atoms. The maximum absolute atomic E-state index is 11.2. The van der Waals surface area contributed by atoms with Crippen LogP contribution in [0.15, 0.2) is 16.4 Å². The number of nitrogens with zero attached hydrogens (tertiary/aromatic N) is 2. The highest BCUT2D eigenvalue weighted by atomic mass is 16.1. The van der Waals surface area contributed by atoms with Crippen molar-refractivity contribution in [3.63, 3.8) is 0 Å². The number of aromatic nitrogens is 2. The molecule has 0 aliphatic carbocycles. The molecule has 0 spiro atoms. The molecule has 1 aromatic rings.